The zero-order valence-electron chi connectivity index (χ0n) is 13.6. The molecule has 0 fully saturated rings. The molecule has 3 aromatic rings. The van der Waals surface area contributed by atoms with E-state index in [1.807, 2.05) is 0 Å². The molecule has 0 radical (unpaired) electrons. The van der Waals surface area contributed by atoms with E-state index in [1.54, 1.807) is 10.2 Å². The standard InChI is InChI=1S/C20H23Br2P/c1-2-3-4-5-6-7-12-23-19-13-15(21)8-10-17(19)18-11-9-16(22)14-20(18)23/h8-11,13-14H,2-7,12H2,1H3. The first-order valence-corrected chi connectivity index (χ1v) is 11.7. The molecule has 0 N–H and O–H groups in total. The minimum atomic E-state index is -0.194. The van der Waals surface area contributed by atoms with E-state index < -0.39 is 0 Å². The molecular formula is C20H23Br2P. The van der Waals surface area contributed by atoms with Crippen LogP contribution in [-0.4, -0.2) is 0 Å². The molecule has 0 nitrogen and oxygen atoms in total. The van der Waals surface area contributed by atoms with E-state index >= 15 is 0 Å². The van der Waals surface area contributed by atoms with Crippen molar-refractivity contribution in [1.29, 1.82) is 0 Å². The van der Waals surface area contributed by atoms with Crippen LogP contribution in [0.1, 0.15) is 45.4 Å². The van der Waals surface area contributed by atoms with Gasteiger partial charge in [-0.3, -0.25) is 0 Å². The Bertz CT molecular complexity index is 745. The average Bonchev–Trinajstić information content (AvgIpc) is 2.83. The van der Waals surface area contributed by atoms with Crippen LogP contribution in [0, 0.1) is 0 Å². The highest BCUT2D eigenvalue weighted by molar-refractivity contribution is 9.10. The Labute approximate surface area is 157 Å². The molecule has 1 heterocycles. The molecule has 3 rings (SSSR count). The van der Waals surface area contributed by atoms with Crippen LogP contribution < -0.4 is 0 Å². The maximum Gasteiger partial charge on any atom is 0.0184 e. The molecule has 0 spiro atoms. The van der Waals surface area contributed by atoms with Gasteiger partial charge in [-0.05, 0) is 47.6 Å². The van der Waals surface area contributed by atoms with Crippen LogP contribution in [-0.2, 0) is 6.16 Å². The lowest BCUT2D eigenvalue weighted by molar-refractivity contribution is 0.619. The number of unbranched alkanes of at least 4 members (excludes halogenated alkanes) is 5. The molecule has 0 aliphatic heterocycles. The van der Waals surface area contributed by atoms with E-state index in [0.29, 0.717) is 0 Å². The minimum absolute atomic E-state index is 0.194. The summed E-state index contributed by atoms with van der Waals surface area (Å²) in [6, 6.07) is 13.6. The quantitative estimate of drug-likeness (QED) is 0.313. The fourth-order valence-corrected chi connectivity index (χ4v) is 7.25. The summed E-state index contributed by atoms with van der Waals surface area (Å²) < 4.78 is 2.41. The van der Waals surface area contributed by atoms with Crippen molar-refractivity contribution in [2.75, 3.05) is 0 Å². The number of hydrogen-bond acceptors (Lipinski definition) is 0. The lowest BCUT2D eigenvalue weighted by atomic mass is 10.1. The summed E-state index contributed by atoms with van der Waals surface area (Å²) >= 11 is 7.33. The van der Waals surface area contributed by atoms with Crippen LogP contribution in [0.15, 0.2) is 45.3 Å². The number of hydrogen-bond donors (Lipinski definition) is 0. The molecule has 0 amide bonds. The number of benzene rings is 2. The molecule has 0 atom stereocenters. The zero-order chi connectivity index (χ0) is 16.2. The monoisotopic (exact) mass is 452 g/mol. The number of halogens is 2. The first kappa shape index (κ1) is 17.5. The van der Waals surface area contributed by atoms with Crippen LogP contribution in [0.3, 0.4) is 0 Å². The van der Waals surface area contributed by atoms with Crippen molar-refractivity contribution in [1.82, 2.24) is 0 Å². The lowest BCUT2D eigenvalue weighted by Crippen LogP contribution is -1.79. The number of fused-ring (bicyclic) bond motifs is 3. The van der Waals surface area contributed by atoms with Crippen molar-refractivity contribution in [3.8, 4) is 0 Å². The molecule has 2 aromatic carbocycles. The van der Waals surface area contributed by atoms with Gasteiger partial charge in [0.15, 0.2) is 0 Å². The largest absolute Gasteiger partial charge is 0.109 e. The molecule has 0 unspecified atom stereocenters. The Balaban J connectivity index is 1.89. The van der Waals surface area contributed by atoms with Gasteiger partial charge in [0.05, 0.1) is 0 Å². The third-order valence-corrected chi connectivity index (χ3v) is 8.18. The van der Waals surface area contributed by atoms with Crippen LogP contribution in [0.2, 0.25) is 0 Å². The fraction of sp³-hybridized carbons (Fsp3) is 0.400. The van der Waals surface area contributed by atoms with Crippen molar-refractivity contribution in [3.63, 3.8) is 0 Å². The van der Waals surface area contributed by atoms with Crippen LogP contribution in [0.25, 0.3) is 21.0 Å². The molecule has 122 valence electrons. The number of aryl methyl sites for hydroxylation is 1. The summed E-state index contributed by atoms with van der Waals surface area (Å²) in [4.78, 5) is 0. The third-order valence-electron chi connectivity index (χ3n) is 4.53. The van der Waals surface area contributed by atoms with Crippen LogP contribution in [0.5, 0.6) is 0 Å². The predicted molar refractivity (Wildman–Crippen MR) is 113 cm³/mol. The molecule has 0 aliphatic carbocycles. The smallest absolute Gasteiger partial charge is 0.0184 e. The minimum Gasteiger partial charge on any atom is -0.109 e. The Morgan fingerprint density at radius 3 is 1.83 bits per heavy atom. The maximum atomic E-state index is 3.66. The Hall–Kier alpha value is -0.300. The highest BCUT2D eigenvalue weighted by atomic mass is 79.9. The van der Waals surface area contributed by atoms with E-state index in [0.717, 1.165) is 0 Å². The van der Waals surface area contributed by atoms with E-state index in [2.05, 4.69) is 75.2 Å². The Kier molecular flexibility index (Phi) is 6.24. The summed E-state index contributed by atoms with van der Waals surface area (Å²) in [5, 5.41) is 6.03. The second kappa shape index (κ2) is 8.19. The van der Waals surface area contributed by atoms with Gasteiger partial charge in [0.25, 0.3) is 0 Å². The SMILES string of the molecule is CCCCCCCCp1c2cc(Br)ccc2c2ccc(Br)cc21. The van der Waals surface area contributed by atoms with Crippen LogP contribution >= 0.6 is 39.4 Å². The summed E-state index contributed by atoms with van der Waals surface area (Å²) in [6.07, 6.45) is 9.58. The van der Waals surface area contributed by atoms with Crippen LogP contribution in [0.4, 0.5) is 0 Å². The van der Waals surface area contributed by atoms with Gasteiger partial charge in [-0.15, -0.1) is 7.53 Å². The third kappa shape index (κ3) is 4.03. The zero-order valence-corrected chi connectivity index (χ0v) is 17.7. The van der Waals surface area contributed by atoms with Gasteiger partial charge in [-0.2, -0.15) is 0 Å². The first-order chi connectivity index (χ1) is 11.2. The topological polar surface area (TPSA) is 0 Å². The molecule has 0 aliphatic rings. The van der Waals surface area contributed by atoms with Crippen molar-refractivity contribution < 1.29 is 0 Å². The van der Waals surface area contributed by atoms with Gasteiger partial charge in [-0.25, -0.2) is 0 Å². The first-order valence-electron chi connectivity index (χ1n) is 8.57. The van der Waals surface area contributed by atoms with E-state index in [4.69, 9.17) is 0 Å². The van der Waals surface area contributed by atoms with Crippen molar-refractivity contribution in [2.24, 2.45) is 0 Å². The Morgan fingerprint density at radius 2 is 1.26 bits per heavy atom. The van der Waals surface area contributed by atoms with E-state index in [9.17, 15) is 0 Å². The predicted octanol–water partition coefficient (Wildman–Crippen LogP) is 8.87. The fourth-order valence-electron chi connectivity index (χ4n) is 3.33. The van der Waals surface area contributed by atoms with Gasteiger partial charge in [0, 0.05) is 19.2 Å². The Morgan fingerprint density at radius 1 is 0.739 bits per heavy atom. The molecule has 23 heavy (non-hydrogen) atoms. The van der Waals surface area contributed by atoms with Crippen molar-refractivity contribution >= 4 is 60.4 Å². The summed E-state index contributed by atoms with van der Waals surface area (Å²) in [5.41, 5.74) is 0. The normalized spacial score (nSPS) is 11.6. The second-order valence-electron chi connectivity index (χ2n) is 6.24. The second-order valence-corrected chi connectivity index (χ2v) is 10.3. The summed E-state index contributed by atoms with van der Waals surface area (Å²) in [5.74, 6) is 0. The maximum absolute atomic E-state index is 3.66. The molecule has 1 aromatic heterocycles. The van der Waals surface area contributed by atoms with Gasteiger partial charge < -0.3 is 0 Å². The van der Waals surface area contributed by atoms with Gasteiger partial charge in [0.1, 0.15) is 0 Å². The molecule has 0 saturated carbocycles. The molecular weight excluding hydrogens is 431 g/mol. The van der Waals surface area contributed by atoms with E-state index in [1.165, 1.54) is 64.4 Å². The van der Waals surface area contributed by atoms with Gasteiger partial charge in [-0.1, -0.05) is 83.0 Å². The van der Waals surface area contributed by atoms with Crippen molar-refractivity contribution in [2.45, 2.75) is 51.6 Å². The molecule has 0 saturated heterocycles. The molecule has 0 bridgehead atoms. The van der Waals surface area contributed by atoms with Gasteiger partial charge >= 0.3 is 0 Å². The summed E-state index contributed by atoms with van der Waals surface area (Å²) in [6.45, 7) is 2.28. The number of rotatable bonds is 7. The highest BCUT2D eigenvalue weighted by Gasteiger charge is 2.12. The molecule has 3 heteroatoms. The highest BCUT2D eigenvalue weighted by Crippen LogP contribution is 2.51. The average molecular weight is 454 g/mol. The van der Waals surface area contributed by atoms with Gasteiger partial charge in [0.2, 0.25) is 0 Å². The summed E-state index contributed by atoms with van der Waals surface area (Å²) in [7, 11) is -0.194. The van der Waals surface area contributed by atoms with E-state index in [-0.39, 0.29) is 7.53 Å². The lowest BCUT2D eigenvalue weighted by Gasteiger charge is -2.04. The van der Waals surface area contributed by atoms with Crippen molar-refractivity contribution in [3.05, 3.63) is 45.3 Å².